The van der Waals surface area contributed by atoms with E-state index >= 15 is 0 Å². The van der Waals surface area contributed by atoms with Gasteiger partial charge in [-0.2, -0.15) is 0 Å². The molecule has 158 valence electrons. The number of nitrogens with zero attached hydrogens (tertiary/aromatic N) is 4. The van der Waals surface area contributed by atoms with E-state index in [-0.39, 0.29) is 5.41 Å². The van der Waals surface area contributed by atoms with E-state index in [1.165, 1.54) is 0 Å². The number of benzene rings is 3. The molecule has 0 radical (unpaired) electrons. The molecular weight excluding hydrogens is 404 g/mol. The van der Waals surface area contributed by atoms with Gasteiger partial charge in [-0.05, 0) is 13.8 Å². The summed E-state index contributed by atoms with van der Waals surface area (Å²) < 4.78 is 0. The summed E-state index contributed by atoms with van der Waals surface area (Å²) in [7, 11) is 0. The number of aromatic nitrogens is 4. The molecule has 4 nitrogen and oxygen atoms in total. The molecule has 1 aliphatic rings. The molecule has 0 spiro atoms. The first kappa shape index (κ1) is 19.5. The highest BCUT2D eigenvalue weighted by Crippen LogP contribution is 2.50. The minimum atomic E-state index is -0.382. The molecule has 0 atom stereocenters. The van der Waals surface area contributed by atoms with Crippen molar-refractivity contribution in [2.24, 2.45) is 0 Å². The van der Waals surface area contributed by atoms with E-state index in [0.29, 0.717) is 0 Å². The fourth-order valence-corrected chi connectivity index (χ4v) is 4.57. The van der Waals surface area contributed by atoms with E-state index in [1.807, 2.05) is 72.9 Å². The van der Waals surface area contributed by atoms with E-state index in [1.54, 1.807) is 0 Å². The summed E-state index contributed by atoms with van der Waals surface area (Å²) in [5, 5.41) is 0. The summed E-state index contributed by atoms with van der Waals surface area (Å²) >= 11 is 0. The third kappa shape index (κ3) is 3.14. The van der Waals surface area contributed by atoms with E-state index in [0.717, 1.165) is 56.5 Å². The number of rotatable bonds is 3. The number of hydrogen-bond donors (Lipinski definition) is 0. The van der Waals surface area contributed by atoms with Crippen molar-refractivity contribution >= 4 is 0 Å². The van der Waals surface area contributed by atoms with Gasteiger partial charge in [-0.25, -0.2) is 19.9 Å². The van der Waals surface area contributed by atoms with Gasteiger partial charge in [-0.15, -0.1) is 0 Å². The van der Waals surface area contributed by atoms with Gasteiger partial charge in [0.15, 0.2) is 11.6 Å². The molecule has 0 bridgehead atoms. The van der Waals surface area contributed by atoms with Gasteiger partial charge in [-0.3, -0.25) is 0 Å². The maximum atomic E-state index is 5.10. The zero-order valence-electron chi connectivity index (χ0n) is 18.5. The van der Waals surface area contributed by atoms with Gasteiger partial charge in [0.25, 0.3) is 0 Å². The Bertz CT molecular complexity index is 1460. The lowest BCUT2D eigenvalue weighted by molar-refractivity contribution is 0.614. The fourth-order valence-electron chi connectivity index (χ4n) is 4.57. The predicted octanol–water partition coefficient (Wildman–Crippen LogP) is 6.57. The van der Waals surface area contributed by atoms with Crippen molar-refractivity contribution in [1.82, 2.24) is 19.9 Å². The van der Waals surface area contributed by atoms with Gasteiger partial charge in [0, 0.05) is 34.0 Å². The van der Waals surface area contributed by atoms with Crippen LogP contribution in [-0.4, -0.2) is 19.9 Å². The van der Waals surface area contributed by atoms with Crippen molar-refractivity contribution in [2.75, 3.05) is 0 Å². The third-order valence-corrected chi connectivity index (χ3v) is 6.26. The Labute approximate surface area is 193 Å². The molecule has 0 saturated carbocycles. The second-order valence-corrected chi connectivity index (χ2v) is 8.80. The highest BCUT2D eigenvalue weighted by molar-refractivity contribution is 5.89. The molecule has 0 fully saturated rings. The van der Waals surface area contributed by atoms with Crippen molar-refractivity contribution in [2.45, 2.75) is 19.3 Å². The maximum Gasteiger partial charge on any atom is 0.160 e. The summed E-state index contributed by atoms with van der Waals surface area (Å²) in [5.41, 5.74) is 7.62. The molecule has 0 aliphatic heterocycles. The van der Waals surface area contributed by atoms with Crippen LogP contribution in [0.15, 0.2) is 97.2 Å². The third-order valence-electron chi connectivity index (χ3n) is 6.26. The van der Waals surface area contributed by atoms with Crippen molar-refractivity contribution in [3.63, 3.8) is 0 Å². The Kier molecular flexibility index (Phi) is 4.40. The van der Waals surface area contributed by atoms with Crippen molar-refractivity contribution in [3.8, 4) is 45.2 Å². The quantitative estimate of drug-likeness (QED) is 0.327. The minimum Gasteiger partial charge on any atom is -0.236 e. The Hall–Kier alpha value is -4.18. The molecule has 4 heteroatoms. The first-order chi connectivity index (χ1) is 16.1. The first-order valence-electron chi connectivity index (χ1n) is 11.1. The molecule has 5 aromatic rings. The van der Waals surface area contributed by atoms with Gasteiger partial charge < -0.3 is 0 Å². The van der Waals surface area contributed by atoms with E-state index in [9.17, 15) is 0 Å². The van der Waals surface area contributed by atoms with Crippen LogP contribution in [-0.2, 0) is 5.41 Å². The lowest BCUT2D eigenvalue weighted by Gasteiger charge is -2.20. The topological polar surface area (TPSA) is 51.6 Å². The van der Waals surface area contributed by atoms with Crippen LogP contribution in [0.3, 0.4) is 0 Å². The van der Waals surface area contributed by atoms with Gasteiger partial charge in [0.2, 0.25) is 0 Å². The molecule has 0 unspecified atom stereocenters. The summed E-state index contributed by atoms with van der Waals surface area (Å²) in [6.45, 7) is 4.38. The van der Waals surface area contributed by atoms with Crippen LogP contribution in [0.1, 0.15) is 25.2 Å². The summed E-state index contributed by atoms with van der Waals surface area (Å²) in [5.74, 6) is 1.46. The Morgan fingerprint density at radius 2 is 1.06 bits per heavy atom. The molecular formula is C29H22N4. The number of fused-ring (bicyclic) bond motifs is 3. The van der Waals surface area contributed by atoms with Crippen LogP contribution in [0, 0.1) is 0 Å². The Morgan fingerprint density at radius 3 is 1.67 bits per heavy atom. The Morgan fingerprint density at radius 1 is 0.545 bits per heavy atom. The lowest BCUT2D eigenvalue weighted by Crippen LogP contribution is -2.19. The van der Waals surface area contributed by atoms with E-state index in [2.05, 4.69) is 38.1 Å². The monoisotopic (exact) mass is 426 g/mol. The highest BCUT2D eigenvalue weighted by atomic mass is 15.0. The maximum absolute atomic E-state index is 5.10. The first-order valence-corrected chi connectivity index (χ1v) is 11.1. The van der Waals surface area contributed by atoms with Crippen molar-refractivity contribution in [1.29, 1.82) is 0 Å². The fraction of sp³-hybridized carbons (Fsp3) is 0.103. The largest absolute Gasteiger partial charge is 0.236 e. The molecule has 2 aromatic heterocycles. The van der Waals surface area contributed by atoms with Gasteiger partial charge in [0.05, 0.1) is 22.5 Å². The van der Waals surface area contributed by atoms with Gasteiger partial charge in [0.1, 0.15) is 0 Å². The van der Waals surface area contributed by atoms with E-state index in [4.69, 9.17) is 19.9 Å². The molecule has 0 saturated heterocycles. The second-order valence-electron chi connectivity index (χ2n) is 8.80. The van der Waals surface area contributed by atoms with Gasteiger partial charge >= 0.3 is 0 Å². The van der Waals surface area contributed by atoms with Crippen molar-refractivity contribution < 1.29 is 0 Å². The van der Waals surface area contributed by atoms with Crippen molar-refractivity contribution in [3.05, 3.63) is 109 Å². The van der Waals surface area contributed by atoms with Crippen LogP contribution in [0.2, 0.25) is 0 Å². The van der Waals surface area contributed by atoms with Crippen LogP contribution < -0.4 is 0 Å². The highest BCUT2D eigenvalue weighted by Gasteiger charge is 2.41. The molecule has 2 heterocycles. The summed E-state index contributed by atoms with van der Waals surface area (Å²) in [6.07, 6.45) is 1.94. The molecule has 0 amide bonds. The van der Waals surface area contributed by atoms with E-state index < -0.39 is 0 Å². The molecule has 6 rings (SSSR count). The molecule has 3 aromatic carbocycles. The average Bonchev–Trinajstić information content (AvgIpc) is 3.11. The van der Waals surface area contributed by atoms with Crippen LogP contribution in [0.5, 0.6) is 0 Å². The van der Waals surface area contributed by atoms with Crippen LogP contribution >= 0.6 is 0 Å². The average molecular weight is 427 g/mol. The Balaban J connectivity index is 1.63. The zero-order chi connectivity index (χ0) is 22.4. The molecule has 33 heavy (non-hydrogen) atoms. The second kappa shape index (κ2) is 7.45. The SMILES string of the molecule is CC1(C)c2nc(-c3ccccc3)ncc2-c2c(-c3ccccc3)nc(-c3ccccc3)nc21. The van der Waals surface area contributed by atoms with Gasteiger partial charge in [-0.1, -0.05) is 91.0 Å². The van der Waals surface area contributed by atoms with Crippen LogP contribution in [0.4, 0.5) is 0 Å². The normalized spacial score (nSPS) is 13.4. The predicted molar refractivity (Wildman–Crippen MR) is 131 cm³/mol. The minimum absolute atomic E-state index is 0.382. The standard InChI is InChI=1S/C29H22N4/c1-29(2)25-22(18-30-27(32-25)20-14-8-4-9-15-20)23-24(19-12-6-3-7-13-19)31-28(33-26(23)29)21-16-10-5-11-17-21/h3-18H,1-2H3. The summed E-state index contributed by atoms with van der Waals surface area (Å²) in [6, 6.07) is 30.6. The lowest BCUT2D eigenvalue weighted by atomic mass is 9.88. The molecule has 0 N–H and O–H groups in total. The molecule has 1 aliphatic carbocycles. The number of hydrogen-bond acceptors (Lipinski definition) is 4. The smallest absolute Gasteiger partial charge is 0.160 e. The zero-order valence-corrected chi connectivity index (χ0v) is 18.5. The van der Waals surface area contributed by atoms with Crippen LogP contribution in [0.25, 0.3) is 45.2 Å². The summed E-state index contributed by atoms with van der Waals surface area (Å²) in [4.78, 5) is 19.9.